The molecule has 70 valence electrons. The van der Waals surface area contributed by atoms with Gasteiger partial charge >= 0.3 is 0 Å². The van der Waals surface area contributed by atoms with Crippen molar-refractivity contribution >= 4 is 18.3 Å². The molecule has 2 fully saturated rings. The maximum absolute atomic E-state index is 11.0. The number of nitrogens with one attached hydrogen (secondary N) is 2. The van der Waals surface area contributed by atoms with Gasteiger partial charge in [0, 0.05) is 13.0 Å². The van der Waals surface area contributed by atoms with Crippen molar-refractivity contribution in [3.63, 3.8) is 0 Å². The van der Waals surface area contributed by atoms with Crippen molar-refractivity contribution < 1.29 is 4.79 Å². The van der Waals surface area contributed by atoms with E-state index in [2.05, 4.69) is 10.6 Å². The summed E-state index contributed by atoms with van der Waals surface area (Å²) in [6.07, 6.45) is 3.08. The molecule has 4 heteroatoms. The van der Waals surface area contributed by atoms with Crippen LogP contribution in [0.3, 0.4) is 0 Å². The van der Waals surface area contributed by atoms with Gasteiger partial charge in [-0.15, -0.1) is 12.4 Å². The quantitative estimate of drug-likeness (QED) is 0.577. The number of amides is 1. The molecule has 2 rings (SSSR count). The Bertz CT molecular complexity index is 178. The van der Waals surface area contributed by atoms with E-state index in [-0.39, 0.29) is 18.3 Å². The zero-order chi connectivity index (χ0) is 7.73. The van der Waals surface area contributed by atoms with Gasteiger partial charge in [-0.25, -0.2) is 0 Å². The predicted octanol–water partition coefficient (Wildman–Crippen LogP) is 0.298. The lowest BCUT2D eigenvalue weighted by Gasteiger charge is -2.31. The van der Waals surface area contributed by atoms with Crippen molar-refractivity contribution in [2.45, 2.75) is 19.3 Å². The average molecular weight is 191 g/mol. The first-order chi connectivity index (χ1) is 5.31. The Morgan fingerprint density at radius 2 is 1.92 bits per heavy atom. The van der Waals surface area contributed by atoms with Crippen molar-refractivity contribution in [2.24, 2.45) is 5.41 Å². The fraction of sp³-hybridized carbons (Fsp3) is 0.875. The molecule has 0 atom stereocenters. The second-order valence-corrected chi connectivity index (χ2v) is 3.70. The lowest BCUT2D eigenvalue weighted by atomic mass is 9.78. The van der Waals surface area contributed by atoms with E-state index in [0.29, 0.717) is 5.41 Å². The van der Waals surface area contributed by atoms with Crippen LogP contribution < -0.4 is 10.6 Å². The van der Waals surface area contributed by atoms with Crippen molar-refractivity contribution in [1.29, 1.82) is 0 Å². The molecule has 0 bridgehead atoms. The highest BCUT2D eigenvalue weighted by atomic mass is 35.5. The lowest BCUT2D eigenvalue weighted by Crippen LogP contribution is -2.37. The van der Waals surface area contributed by atoms with Crippen molar-refractivity contribution in [1.82, 2.24) is 10.6 Å². The van der Waals surface area contributed by atoms with E-state index in [1.54, 1.807) is 0 Å². The molecule has 1 spiro atoms. The number of carbonyl (C=O) groups excluding carboxylic acids is 1. The fourth-order valence-electron chi connectivity index (χ4n) is 2.06. The molecule has 2 N–H and O–H groups in total. The molecular formula is C8H15ClN2O. The van der Waals surface area contributed by atoms with E-state index in [1.807, 2.05) is 0 Å². The minimum atomic E-state index is 0. The summed E-state index contributed by atoms with van der Waals surface area (Å²) in [5.41, 5.74) is 0.322. The zero-order valence-electron chi connectivity index (χ0n) is 7.06. The third-order valence-corrected chi connectivity index (χ3v) is 2.86. The SMILES string of the molecule is Cl.O=C1CC2(CCNCC2)CN1. The molecule has 0 radical (unpaired) electrons. The Balaban J connectivity index is 0.000000720. The third kappa shape index (κ3) is 1.72. The van der Waals surface area contributed by atoms with Crippen LogP contribution in [0.1, 0.15) is 19.3 Å². The number of hydrogen-bond donors (Lipinski definition) is 2. The van der Waals surface area contributed by atoms with E-state index in [1.165, 1.54) is 0 Å². The predicted molar refractivity (Wildman–Crippen MR) is 49.4 cm³/mol. The maximum atomic E-state index is 11.0. The van der Waals surface area contributed by atoms with Crippen molar-refractivity contribution in [3.8, 4) is 0 Å². The Labute approximate surface area is 78.7 Å². The van der Waals surface area contributed by atoms with E-state index in [0.717, 1.165) is 38.9 Å². The van der Waals surface area contributed by atoms with Crippen molar-refractivity contribution in [2.75, 3.05) is 19.6 Å². The van der Waals surface area contributed by atoms with Crippen LogP contribution in [-0.2, 0) is 4.79 Å². The summed E-state index contributed by atoms with van der Waals surface area (Å²) in [7, 11) is 0. The van der Waals surface area contributed by atoms with Crippen LogP contribution in [-0.4, -0.2) is 25.5 Å². The van der Waals surface area contributed by atoms with Crippen molar-refractivity contribution in [3.05, 3.63) is 0 Å². The molecule has 0 aromatic carbocycles. The number of piperidine rings is 1. The van der Waals surface area contributed by atoms with Crippen LogP contribution in [0.25, 0.3) is 0 Å². The van der Waals surface area contributed by atoms with E-state index in [4.69, 9.17) is 0 Å². The van der Waals surface area contributed by atoms with Crippen LogP contribution >= 0.6 is 12.4 Å². The standard InChI is InChI=1S/C8H14N2O.ClH/c11-7-5-8(6-10-7)1-3-9-4-2-8;/h9H,1-6H2,(H,10,11);1H. The molecule has 0 aliphatic carbocycles. The van der Waals surface area contributed by atoms with Gasteiger partial charge in [-0.2, -0.15) is 0 Å². The Hall–Kier alpha value is -0.280. The highest BCUT2D eigenvalue weighted by molar-refractivity contribution is 5.85. The van der Waals surface area contributed by atoms with E-state index < -0.39 is 0 Å². The summed E-state index contributed by atoms with van der Waals surface area (Å²) in [4.78, 5) is 11.0. The highest BCUT2D eigenvalue weighted by Crippen LogP contribution is 2.34. The van der Waals surface area contributed by atoms with E-state index in [9.17, 15) is 4.79 Å². The first-order valence-corrected chi connectivity index (χ1v) is 4.28. The lowest BCUT2D eigenvalue weighted by molar-refractivity contribution is -0.119. The molecule has 1 amide bonds. The summed E-state index contributed by atoms with van der Waals surface area (Å²) in [6, 6.07) is 0. The van der Waals surface area contributed by atoms with E-state index >= 15 is 0 Å². The highest BCUT2D eigenvalue weighted by Gasteiger charge is 2.38. The molecule has 3 nitrogen and oxygen atoms in total. The minimum absolute atomic E-state index is 0. The molecule has 2 heterocycles. The van der Waals surface area contributed by atoms with Gasteiger partial charge in [0.05, 0.1) is 0 Å². The molecule has 0 aromatic rings. The summed E-state index contributed by atoms with van der Waals surface area (Å²) in [5, 5.41) is 6.22. The number of hydrogen-bond acceptors (Lipinski definition) is 2. The number of halogens is 1. The fourth-order valence-corrected chi connectivity index (χ4v) is 2.06. The summed E-state index contributed by atoms with van der Waals surface area (Å²) < 4.78 is 0. The topological polar surface area (TPSA) is 41.1 Å². The second-order valence-electron chi connectivity index (χ2n) is 3.70. The van der Waals surface area contributed by atoms with Gasteiger partial charge in [-0.1, -0.05) is 0 Å². The molecule has 2 aliphatic rings. The van der Waals surface area contributed by atoms with Gasteiger partial charge < -0.3 is 10.6 Å². The number of carbonyl (C=O) groups is 1. The average Bonchev–Trinajstić information content (AvgIpc) is 2.34. The third-order valence-electron chi connectivity index (χ3n) is 2.86. The summed E-state index contributed by atoms with van der Waals surface area (Å²) in [5.74, 6) is 0.243. The van der Waals surface area contributed by atoms with Crippen LogP contribution in [0.2, 0.25) is 0 Å². The smallest absolute Gasteiger partial charge is 0.220 e. The molecule has 0 aromatic heterocycles. The first-order valence-electron chi connectivity index (χ1n) is 4.28. The molecule has 0 unspecified atom stereocenters. The molecule has 0 saturated carbocycles. The zero-order valence-corrected chi connectivity index (χ0v) is 7.88. The Kier molecular flexibility index (Phi) is 2.96. The minimum Gasteiger partial charge on any atom is -0.356 e. The molecule has 12 heavy (non-hydrogen) atoms. The number of rotatable bonds is 0. The van der Waals surface area contributed by atoms with Crippen LogP contribution in [0.4, 0.5) is 0 Å². The van der Waals surface area contributed by atoms with Gasteiger partial charge in [0.2, 0.25) is 5.91 Å². The van der Waals surface area contributed by atoms with Gasteiger partial charge in [0.25, 0.3) is 0 Å². The maximum Gasteiger partial charge on any atom is 0.220 e. The van der Waals surface area contributed by atoms with Gasteiger partial charge in [0.15, 0.2) is 0 Å². The van der Waals surface area contributed by atoms with Gasteiger partial charge in [-0.05, 0) is 31.3 Å². The van der Waals surface area contributed by atoms with Crippen LogP contribution in [0.5, 0.6) is 0 Å². The summed E-state index contributed by atoms with van der Waals surface area (Å²) in [6.45, 7) is 3.07. The van der Waals surface area contributed by atoms with Gasteiger partial charge in [0.1, 0.15) is 0 Å². The Morgan fingerprint density at radius 1 is 1.25 bits per heavy atom. The first kappa shape index (κ1) is 9.81. The molecular weight excluding hydrogens is 176 g/mol. The largest absolute Gasteiger partial charge is 0.356 e. The molecule has 2 saturated heterocycles. The molecule has 2 aliphatic heterocycles. The van der Waals surface area contributed by atoms with Gasteiger partial charge in [-0.3, -0.25) is 4.79 Å². The normalized spacial score (nSPS) is 26.5. The second kappa shape index (κ2) is 3.62. The Morgan fingerprint density at radius 3 is 2.42 bits per heavy atom. The van der Waals surface area contributed by atoms with Crippen LogP contribution in [0, 0.1) is 5.41 Å². The van der Waals surface area contributed by atoms with Crippen LogP contribution in [0.15, 0.2) is 0 Å². The monoisotopic (exact) mass is 190 g/mol. The summed E-state index contributed by atoms with van der Waals surface area (Å²) >= 11 is 0.